The molecule has 600 valence electrons. The molecule has 0 aromatic heterocycles. The van der Waals surface area contributed by atoms with Crippen molar-refractivity contribution in [3.05, 3.63) is 0 Å². The fraction of sp³-hybridized carbons (Fsp3) is 0.951. The molecule has 7 atom stereocenters. The van der Waals surface area contributed by atoms with Crippen LogP contribution in [0.1, 0.15) is 421 Å². The molecule has 101 heavy (non-hydrogen) atoms. The molecule has 17 nitrogen and oxygen atoms in total. The highest BCUT2D eigenvalue weighted by Crippen LogP contribution is 2.45. The molecule has 0 aliphatic heterocycles. The molecule has 0 saturated heterocycles. The standard InChI is InChI=1S/C82H160O17P2/c1-9-74(7)60-52-44-36-30-24-18-15-16-20-26-33-39-49-57-65-82(87)99-78(69-93-80(85)63-55-47-41-40-45-53-61-75(8)10-2)71-97-101(90,91)95-67-76(83)66-94-100(88,89)96-70-77(68-92-79(84)62-54-46-37-31-27-21-23-29-35-43-51-59-73(5)6)98-81(86)64-56-48-38-32-25-19-14-12-11-13-17-22-28-34-42-50-58-72(3)4/h72-78,83H,9-71H2,1-8H3,(H,88,89)(H,90,91)/t74?,75?,76-,77-,78-/m1/s1. The number of rotatable bonds is 79. The largest absolute Gasteiger partial charge is 0.472 e. The van der Waals surface area contributed by atoms with E-state index < -0.39 is 97.5 Å². The van der Waals surface area contributed by atoms with Crippen molar-refractivity contribution in [2.45, 2.75) is 440 Å². The molecule has 3 N–H and O–H groups in total. The average Bonchev–Trinajstić information content (AvgIpc) is 0.963. The minimum Gasteiger partial charge on any atom is -0.462 e. The zero-order chi connectivity index (χ0) is 74.6. The van der Waals surface area contributed by atoms with Crippen LogP contribution in [-0.4, -0.2) is 96.7 Å². The number of phosphoric acid groups is 2. The van der Waals surface area contributed by atoms with Gasteiger partial charge in [0.1, 0.15) is 19.3 Å². The van der Waals surface area contributed by atoms with E-state index in [-0.39, 0.29) is 25.7 Å². The van der Waals surface area contributed by atoms with Gasteiger partial charge in [0.05, 0.1) is 26.4 Å². The molecule has 0 aromatic rings. The second-order valence-corrected chi connectivity index (χ2v) is 33.9. The minimum absolute atomic E-state index is 0.106. The fourth-order valence-electron chi connectivity index (χ4n) is 12.5. The average molecular weight is 1480 g/mol. The van der Waals surface area contributed by atoms with Crippen molar-refractivity contribution in [2.75, 3.05) is 39.6 Å². The molecule has 0 saturated carbocycles. The molecule has 0 rings (SSSR count). The highest BCUT2D eigenvalue weighted by molar-refractivity contribution is 7.47. The summed E-state index contributed by atoms with van der Waals surface area (Å²) in [5, 5.41) is 10.6. The lowest BCUT2D eigenvalue weighted by Crippen LogP contribution is -2.30. The van der Waals surface area contributed by atoms with E-state index in [2.05, 4.69) is 55.4 Å². The summed E-state index contributed by atoms with van der Waals surface area (Å²) in [6.07, 6.45) is 58.2. The van der Waals surface area contributed by atoms with Gasteiger partial charge in [-0.05, 0) is 49.4 Å². The summed E-state index contributed by atoms with van der Waals surface area (Å²) in [7, 11) is -9.92. The van der Waals surface area contributed by atoms with Crippen LogP contribution in [0.3, 0.4) is 0 Å². The molecule has 0 aliphatic carbocycles. The van der Waals surface area contributed by atoms with Crippen molar-refractivity contribution in [2.24, 2.45) is 23.7 Å². The smallest absolute Gasteiger partial charge is 0.462 e. The molecule has 0 radical (unpaired) electrons. The minimum atomic E-state index is -4.96. The van der Waals surface area contributed by atoms with Gasteiger partial charge in [-0.1, -0.05) is 370 Å². The predicted molar refractivity (Wildman–Crippen MR) is 414 cm³/mol. The number of esters is 4. The molecule has 0 bridgehead atoms. The molecule has 0 aliphatic rings. The highest BCUT2D eigenvalue weighted by Gasteiger charge is 2.30. The third kappa shape index (κ3) is 73.4. The predicted octanol–water partition coefficient (Wildman–Crippen LogP) is 24.4. The second-order valence-electron chi connectivity index (χ2n) is 31.0. The van der Waals surface area contributed by atoms with Crippen molar-refractivity contribution in [1.82, 2.24) is 0 Å². The van der Waals surface area contributed by atoms with Gasteiger partial charge in [0.2, 0.25) is 0 Å². The topological polar surface area (TPSA) is 237 Å². The van der Waals surface area contributed by atoms with Crippen LogP contribution in [0, 0.1) is 23.7 Å². The van der Waals surface area contributed by atoms with Crippen LogP contribution < -0.4 is 0 Å². The maximum absolute atomic E-state index is 13.1. The Morgan fingerprint density at radius 1 is 0.277 bits per heavy atom. The van der Waals surface area contributed by atoms with Gasteiger partial charge in [-0.15, -0.1) is 0 Å². The van der Waals surface area contributed by atoms with Crippen LogP contribution in [0.15, 0.2) is 0 Å². The number of carbonyl (C=O) groups excluding carboxylic acids is 4. The van der Waals surface area contributed by atoms with Crippen LogP contribution in [0.4, 0.5) is 0 Å². The molecule has 0 amide bonds. The third-order valence-corrected chi connectivity index (χ3v) is 21.7. The highest BCUT2D eigenvalue weighted by atomic mass is 31.2. The Morgan fingerprint density at radius 2 is 0.475 bits per heavy atom. The summed E-state index contributed by atoms with van der Waals surface area (Å²) in [5.41, 5.74) is 0. The van der Waals surface area contributed by atoms with E-state index in [1.807, 2.05) is 0 Å². The number of aliphatic hydroxyl groups excluding tert-OH is 1. The first kappa shape index (κ1) is 99.1. The SMILES string of the molecule is CCC(C)CCCCCCCCCCCCCCCCC(=O)O[C@H](COC(=O)CCCCCCCCC(C)CC)COP(=O)(O)OC[C@H](O)COP(=O)(O)OC[C@@H](COC(=O)CCCCCCCCCCCCCC(C)C)OC(=O)CCCCCCCCCCCCCCCCCCC(C)C. The molecule has 0 spiro atoms. The second kappa shape index (κ2) is 71.0. The van der Waals surface area contributed by atoms with E-state index in [0.29, 0.717) is 25.7 Å². The summed E-state index contributed by atoms with van der Waals surface area (Å²) >= 11 is 0. The Balaban J connectivity index is 5.24. The van der Waals surface area contributed by atoms with Crippen molar-refractivity contribution < 1.29 is 80.2 Å². The van der Waals surface area contributed by atoms with E-state index in [1.54, 1.807) is 0 Å². The molecule has 0 fully saturated rings. The molecular formula is C82H160O17P2. The quantitative estimate of drug-likeness (QED) is 0.0222. The van der Waals surface area contributed by atoms with Crippen molar-refractivity contribution >= 4 is 39.5 Å². The van der Waals surface area contributed by atoms with Crippen LogP contribution in [0.5, 0.6) is 0 Å². The Kier molecular flexibility index (Phi) is 69.6. The van der Waals surface area contributed by atoms with Crippen molar-refractivity contribution in [3.63, 3.8) is 0 Å². The van der Waals surface area contributed by atoms with E-state index in [1.165, 1.54) is 218 Å². The maximum Gasteiger partial charge on any atom is 0.472 e. The van der Waals surface area contributed by atoms with E-state index >= 15 is 0 Å². The number of hydrogen-bond acceptors (Lipinski definition) is 15. The molecule has 4 unspecified atom stereocenters. The lowest BCUT2D eigenvalue weighted by Gasteiger charge is -2.21. The van der Waals surface area contributed by atoms with Crippen LogP contribution in [-0.2, 0) is 65.4 Å². The van der Waals surface area contributed by atoms with Crippen LogP contribution in [0.25, 0.3) is 0 Å². The van der Waals surface area contributed by atoms with Crippen LogP contribution in [0.2, 0.25) is 0 Å². The monoisotopic (exact) mass is 1480 g/mol. The van der Waals surface area contributed by atoms with Gasteiger partial charge in [0, 0.05) is 25.7 Å². The van der Waals surface area contributed by atoms with Crippen molar-refractivity contribution in [3.8, 4) is 0 Å². The Bertz CT molecular complexity index is 1980. The van der Waals surface area contributed by atoms with Gasteiger partial charge in [-0.3, -0.25) is 37.3 Å². The third-order valence-electron chi connectivity index (χ3n) is 19.8. The van der Waals surface area contributed by atoms with Gasteiger partial charge in [0.25, 0.3) is 0 Å². The first-order valence-electron chi connectivity index (χ1n) is 42.3. The molecule has 0 heterocycles. The first-order valence-corrected chi connectivity index (χ1v) is 45.3. The summed E-state index contributed by atoms with van der Waals surface area (Å²) in [4.78, 5) is 73.1. The number of aliphatic hydroxyl groups is 1. The summed E-state index contributed by atoms with van der Waals surface area (Å²) in [5.74, 6) is 1.04. The van der Waals surface area contributed by atoms with E-state index in [9.17, 15) is 43.2 Å². The van der Waals surface area contributed by atoms with Crippen molar-refractivity contribution in [1.29, 1.82) is 0 Å². The summed E-state index contributed by atoms with van der Waals surface area (Å²) < 4.78 is 68.8. The number of carbonyl (C=O) groups is 4. The molecular weight excluding hydrogens is 1320 g/mol. The van der Waals surface area contributed by atoms with Crippen LogP contribution >= 0.6 is 15.6 Å². The number of unbranched alkanes of at least 4 members (excludes halogenated alkanes) is 43. The fourth-order valence-corrected chi connectivity index (χ4v) is 14.1. The van der Waals surface area contributed by atoms with Gasteiger partial charge < -0.3 is 33.8 Å². The summed E-state index contributed by atoms with van der Waals surface area (Å²) in [6, 6.07) is 0. The van der Waals surface area contributed by atoms with Gasteiger partial charge in [-0.25, -0.2) is 9.13 Å². The number of hydrogen-bond donors (Lipinski definition) is 3. The zero-order valence-electron chi connectivity index (χ0n) is 66.5. The maximum atomic E-state index is 13.1. The Morgan fingerprint density at radius 3 is 0.703 bits per heavy atom. The number of ether oxygens (including phenoxy) is 4. The lowest BCUT2D eigenvalue weighted by molar-refractivity contribution is -0.161. The van der Waals surface area contributed by atoms with E-state index in [4.69, 9.17) is 37.0 Å². The van der Waals surface area contributed by atoms with Gasteiger partial charge >= 0.3 is 39.5 Å². The molecule has 19 heteroatoms. The zero-order valence-corrected chi connectivity index (χ0v) is 68.3. The Labute approximate surface area is 619 Å². The lowest BCUT2D eigenvalue weighted by atomic mass is 9.99. The molecule has 0 aromatic carbocycles. The number of phosphoric ester groups is 2. The first-order chi connectivity index (χ1) is 48.7. The summed E-state index contributed by atoms with van der Waals surface area (Å²) in [6.45, 7) is 14.3. The van der Waals surface area contributed by atoms with Gasteiger partial charge in [-0.2, -0.15) is 0 Å². The Hall–Kier alpha value is -1.94. The van der Waals surface area contributed by atoms with E-state index in [0.717, 1.165) is 120 Å². The normalized spacial score (nSPS) is 14.5. The van der Waals surface area contributed by atoms with Gasteiger partial charge in [0.15, 0.2) is 12.2 Å².